The summed E-state index contributed by atoms with van der Waals surface area (Å²) in [5.41, 5.74) is 0. The Balaban J connectivity index is 2.04. The van der Waals surface area contributed by atoms with Crippen LogP contribution in [0.25, 0.3) is 0 Å². The first-order valence-electron chi connectivity index (χ1n) is 5.97. The van der Waals surface area contributed by atoms with Crippen molar-refractivity contribution in [3.8, 4) is 0 Å². The molecule has 9 heteroatoms. The summed E-state index contributed by atoms with van der Waals surface area (Å²) in [6.07, 6.45) is -3.09. The van der Waals surface area contributed by atoms with E-state index < -0.39 is 40.0 Å². The quantitative estimate of drug-likeness (QED) is 0.484. The second-order valence-electron chi connectivity index (χ2n) is 5.10. The fraction of sp³-hybridized carbons (Fsp3) is 0.727. The van der Waals surface area contributed by atoms with E-state index in [1.165, 1.54) is 0 Å². The topological polar surface area (TPSA) is 80.7 Å². The molecule has 0 spiro atoms. The summed E-state index contributed by atoms with van der Waals surface area (Å²) in [6, 6.07) is 0. The molecular weight excluding hydrogens is 301 g/mol. The summed E-state index contributed by atoms with van der Waals surface area (Å²) in [7, 11) is -4.90. The van der Waals surface area contributed by atoms with Crippen LogP contribution < -0.4 is 0 Å². The number of carbonyl (C=O) groups is 1. The van der Waals surface area contributed by atoms with Crippen molar-refractivity contribution in [1.82, 2.24) is 0 Å². The van der Waals surface area contributed by atoms with Crippen LogP contribution in [-0.4, -0.2) is 37.0 Å². The van der Waals surface area contributed by atoms with Crippen molar-refractivity contribution in [1.29, 1.82) is 0 Å². The highest BCUT2D eigenvalue weighted by Gasteiger charge is 2.48. The molecule has 1 saturated carbocycles. The molecule has 0 saturated heterocycles. The van der Waals surface area contributed by atoms with Crippen molar-refractivity contribution >= 4 is 16.1 Å². The zero-order chi connectivity index (χ0) is 15.1. The third-order valence-corrected chi connectivity index (χ3v) is 4.29. The van der Waals surface area contributed by atoms with Gasteiger partial charge in [-0.25, -0.2) is 0 Å². The standard InChI is InChI=1S/C11H13F3O5S/c12-11(13,14)9(5-20(16,17)18)19-10(15)8-4-6-1-2-7(8)3-6/h1-2,6-9H,3-5H2,(H,16,17,18). The number of fused-ring (bicyclic) bond motifs is 2. The highest BCUT2D eigenvalue weighted by Crippen LogP contribution is 2.44. The molecule has 4 unspecified atom stereocenters. The van der Waals surface area contributed by atoms with Gasteiger partial charge in [-0.3, -0.25) is 9.35 Å². The third-order valence-electron chi connectivity index (χ3n) is 3.57. The average molecular weight is 314 g/mol. The Morgan fingerprint density at radius 1 is 1.35 bits per heavy atom. The van der Waals surface area contributed by atoms with Crippen LogP contribution >= 0.6 is 0 Å². The van der Waals surface area contributed by atoms with Crippen molar-refractivity contribution < 1.29 is 35.7 Å². The predicted molar refractivity (Wildman–Crippen MR) is 61.2 cm³/mol. The summed E-state index contributed by atoms with van der Waals surface area (Å²) in [5.74, 6) is -3.39. The van der Waals surface area contributed by atoms with Gasteiger partial charge in [-0.05, 0) is 24.7 Å². The normalized spacial score (nSPS) is 30.5. The minimum Gasteiger partial charge on any atom is -0.451 e. The molecule has 0 amide bonds. The van der Waals surface area contributed by atoms with Gasteiger partial charge in [0, 0.05) is 0 Å². The van der Waals surface area contributed by atoms with Crippen LogP contribution in [0.5, 0.6) is 0 Å². The number of hydrogen-bond acceptors (Lipinski definition) is 4. The van der Waals surface area contributed by atoms with Gasteiger partial charge in [-0.2, -0.15) is 21.6 Å². The molecule has 20 heavy (non-hydrogen) atoms. The number of allylic oxidation sites excluding steroid dienone is 2. The van der Waals surface area contributed by atoms with E-state index in [9.17, 15) is 26.4 Å². The fourth-order valence-electron chi connectivity index (χ4n) is 2.67. The summed E-state index contributed by atoms with van der Waals surface area (Å²) >= 11 is 0. The molecule has 2 bridgehead atoms. The number of rotatable bonds is 4. The van der Waals surface area contributed by atoms with Gasteiger partial charge in [0.1, 0.15) is 5.75 Å². The van der Waals surface area contributed by atoms with E-state index in [1.54, 1.807) is 6.08 Å². The lowest BCUT2D eigenvalue weighted by Crippen LogP contribution is -2.41. The molecule has 0 aliphatic heterocycles. The molecule has 0 radical (unpaired) electrons. The first kappa shape index (κ1) is 15.3. The number of esters is 1. The zero-order valence-electron chi connectivity index (χ0n) is 10.2. The van der Waals surface area contributed by atoms with Gasteiger partial charge >= 0.3 is 12.1 Å². The van der Waals surface area contributed by atoms with Gasteiger partial charge in [0.15, 0.2) is 0 Å². The van der Waals surface area contributed by atoms with E-state index in [2.05, 4.69) is 4.74 Å². The number of halogens is 3. The Hall–Kier alpha value is -1.09. The van der Waals surface area contributed by atoms with Gasteiger partial charge in [-0.15, -0.1) is 0 Å². The molecule has 1 N–H and O–H groups in total. The molecule has 4 atom stereocenters. The molecule has 0 heterocycles. The molecular formula is C11H13F3O5S. The van der Waals surface area contributed by atoms with Crippen LogP contribution in [0.1, 0.15) is 12.8 Å². The Labute approximate surface area is 113 Å². The highest BCUT2D eigenvalue weighted by molar-refractivity contribution is 7.85. The Kier molecular flexibility index (Phi) is 3.85. The summed E-state index contributed by atoms with van der Waals surface area (Å²) in [6.45, 7) is 0. The van der Waals surface area contributed by atoms with E-state index in [1.807, 2.05) is 6.08 Å². The van der Waals surface area contributed by atoms with E-state index in [0.717, 1.165) is 0 Å². The molecule has 2 rings (SSSR count). The van der Waals surface area contributed by atoms with Crippen LogP contribution in [0.15, 0.2) is 12.2 Å². The van der Waals surface area contributed by atoms with Gasteiger partial charge < -0.3 is 4.74 Å². The van der Waals surface area contributed by atoms with Crippen molar-refractivity contribution in [2.24, 2.45) is 17.8 Å². The number of alkyl halides is 3. The lowest BCUT2D eigenvalue weighted by Gasteiger charge is -2.23. The minimum atomic E-state index is -5.04. The number of hydrogen-bond donors (Lipinski definition) is 1. The van der Waals surface area contributed by atoms with Crippen molar-refractivity contribution in [2.75, 3.05) is 5.75 Å². The van der Waals surface area contributed by atoms with Gasteiger partial charge in [-0.1, -0.05) is 12.2 Å². The second kappa shape index (κ2) is 5.03. The molecule has 0 aromatic rings. The monoisotopic (exact) mass is 314 g/mol. The lowest BCUT2D eigenvalue weighted by molar-refractivity contribution is -0.218. The van der Waals surface area contributed by atoms with Crippen LogP contribution in [0.3, 0.4) is 0 Å². The van der Waals surface area contributed by atoms with Gasteiger partial charge in [0.2, 0.25) is 6.10 Å². The smallest absolute Gasteiger partial charge is 0.426 e. The SMILES string of the molecule is O=C(OC(CS(=O)(=O)O)C(F)(F)F)C1CC2C=CC1C2. The Morgan fingerprint density at radius 2 is 2.00 bits per heavy atom. The van der Waals surface area contributed by atoms with E-state index in [0.29, 0.717) is 12.8 Å². The van der Waals surface area contributed by atoms with Crippen LogP contribution in [0, 0.1) is 17.8 Å². The minimum absolute atomic E-state index is 0.146. The molecule has 5 nitrogen and oxygen atoms in total. The molecule has 2 aliphatic carbocycles. The van der Waals surface area contributed by atoms with Crippen molar-refractivity contribution in [3.63, 3.8) is 0 Å². The first-order valence-corrected chi connectivity index (χ1v) is 7.58. The number of ether oxygens (including phenoxy) is 1. The van der Waals surface area contributed by atoms with Gasteiger partial charge in [0.25, 0.3) is 10.1 Å². The maximum atomic E-state index is 12.6. The maximum Gasteiger partial charge on any atom is 0.426 e. The molecule has 114 valence electrons. The fourth-order valence-corrected chi connectivity index (χ4v) is 3.31. The van der Waals surface area contributed by atoms with Crippen LogP contribution in [0.2, 0.25) is 0 Å². The lowest BCUT2D eigenvalue weighted by atomic mass is 9.94. The Bertz CT molecular complexity index is 525. The predicted octanol–water partition coefficient (Wildman–Crippen LogP) is 1.56. The summed E-state index contributed by atoms with van der Waals surface area (Å²) in [5, 5.41) is 0. The van der Waals surface area contributed by atoms with Crippen LogP contribution in [0.4, 0.5) is 13.2 Å². The molecule has 2 aliphatic rings. The third kappa shape index (κ3) is 3.51. The first-order chi connectivity index (χ1) is 9.06. The average Bonchev–Trinajstić information content (AvgIpc) is 2.86. The maximum absolute atomic E-state index is 12.6. The zero-order valence-corrected chi connectivity index (χ0v) is 11.0. The molecule has 1 fully saturated rings. The number of carbonyl (C=O) groups excluding carboxylic acids is 1. The highest BCUT2D eigenvalue weighted by atomic mass is 32.2. The van der Waals surface area contributed by atoms with Crippen LogP contribution in [-0.2, 0) is 19.6 Å². The molecule has 0 aromatic heterocycles. The van der Waals surface area contributed by atoms with Crippen molar-refractivity contribution in [3.05, 3.63) is 12.2 Å². The summed E-state index contributed by atoms with van der Waals surface area (Å²) < 4.78 is 71.8. The van der Waals surface area contributed by atoms with Crippen molar-refractivity contribution in [2.45, 2.75) is 25.1 Å². The largest absolute Gasteiger partial charge is 0.451 e. The molecule has 0 aromatic carbocycles. The van der Waals surface area contributed by atoms with E-state index >= 15 is 0 Å². The van der Waals surface area contributed by atoms with E-state index in [4.69, 9.17) is 4.55 Å². The van der Waals surface area contributed by atoms with Gasteiger partial charge in [0.05, 0.1) is 5.92 Å². The summed E-state index contributed by atoms with van der Waals surface area (Å²) in [4.78, 5) is 11.7. The van der Waals surface area contributed by atoms with E-state index in [-0.39, 0.29) is 11.8 Å². The second-order valence-corrected chi connectivity index (χ2v) is 6.60. The Morgan fingerprint density at radius 3 is 2.40 bits per heavy atom.